The first-order valence-corrected chi connectivity index (χ1v) is 6.50. The van der Waals surface area contributed by atoms with Gasteiger partial charge in [0, 0.05) is 18.3 Å². The zero-order chi connectivity index (χ0) is 12.5. The van der Waals surface area contributed by atoms with Gasteiger partial charge >= 0.3 is 0 Å². The van der Waals surface area contributed by atoms with Crippen molar-refractivity contribution in [3.05, 3.63) is 40.8 Å². The van der Waals surface area contributed by atoms with E-state index in [0.717, 1.165) is 18.1 Å². The number of aryl methyl sites for hydroxylation is 1. The molecule has 3 rings (SSSR count). The Kier molecular flexibility index (Phi) is 3.06. The Labute approximate surface area is 111 Å². The number of rotatable bonds is 4. The Morgan fingerprint density at radius 1 is 1.44 bits per heavy atom. The highest BCUT2D eigenvalue weighted by atomic mass is 35.5. The Morgan fingerprint density at radius 2 is 2.28 bits per heavy atom. The normalized spacial score (nSPS) is 15.0. The molecule has 0 aliphatic heterocycles. The van der Waals surface area contributed by atoms with E-state index in [2.05, 4.69) is 21.5 Å². The number of pyridine rings is 1. The zero-order valence-electron chi connectivity index (χ0n) is 10.2. The van der Waals surface area contributed by atoms with Gasteiger partial charge in [-0.1, -0.05) is 17.7 Å². The van der Waals surface area contributed by atoms with E-state index in [9.17, 15) is 0 Å². The quantitative estimate of drug-likeness (QED) is 0.921. The third-order valence-electron chi connectivity index (χ3n) is 3.12. The molecule has 2 aromatic rings. The second kappa shape index (κ2) is 4.71. The van der Waals surface area contributed by atoms with Gasteiger partial charge in [-0.2, -0.15) is 5.10 Å². The van der Waals surface area contributed by atoms with Crippen molar-refractivity contribution in [1.29, 1.82) is 0 Å². The van der Waals surface area contributed by atoms with Crippen LogP contribution in [0.15, 0.2) is 24.5 Å². The van der Waals surface area contributed by atoms with Gasteiger partial charge in [0.2, 0.25) is 0 Å². The highest BCUT2D eigenvalue weighted by molar-refractivity contribution is 6.30. The van der Waals surface area contributed by atoms with Gasteiger partial charge in [0.05, 0.1) is 17.4 Å². The van der Waals surface area contributed by atoms with Gasteiger partial charge in [0.15, 0.2) is 5.82 Å². The van der Waals surface area contributed by atoms with Gasteiger partial charge in [-0.05, 0) is 31.4 Å². The first-order chi connectivity index (χ1) is 8.72. The monoisotopic (exact) mass is 262 g/mol. The molecule has 0 spiro atoms. The Morgan fingerprint density at radius 3 is 2.89 bits per heavy atom. The Balaban J connectivity index is 1.79. The average molecular weight is 263 g/mol. The van der Waals surface area contributed by atoms with E-state index in [1.807, 2.05) is 13.0 Å². The van der Waals surface area contributed by atoms with E-state index < -0.39 is 0 Å². The summed E-state index contributed by atoms with van der Waals surface area (Å²) in [6.07, 6.45) is 5.97. The summed E-state index contributed by atoms with van der Waals surface area (Å²) in [5.41, 5.74) is 2.27. The fourth-order valence-corrected chi connectivity index (χ4v) is 2.00. The molecule has 0 radical (unpaired) electrons. The first-order valence-electron chi connectivity index (χ1n) is 6.13. The molecule has 2 heterocycles. The molecular formula is C13H15ClN4. The van der Waals surface area contributed by atoms with Crippen LogP contribution >= 0.6 is 11.6 Å². The van der Waals surface area contributed by atoms with E-state index in [1.54, 1.807) is 17.1 Å². The van der Waals surface area contributed by atoms with Crippen molar-refractivity contribution in [2.45, 2.75) is 32.4 Å². The highest BCUT2D eigenvalue weighted by Gasteiger charge is 2.20. The van der Waals surface area contributed by atoms with Crippen molar-refractivity contribution in [3.63, 3.8) is 0 Å². The number of halogens is 1. The largest absolute Gasteiger partial charge is 0.310 e. The van der Waals surface area contributed by atoms with Crippen LogP contribution in [0.5, 0.6) is 0 Å². The van der Waals surface area contributed by atoms with Gasteiger partial charge in [-0.15, -0.1) is 0 Å². The number of nitrogens with one attached hydrogen (secondary N) is 1. The molecule has 1 aliphatic carbocycles. The van der Waals surface area contributed by atoms with Crippen molar-refractivity contribution in [2.75, 3.05) is 0 Å². The van der Waals surface area contributed by atoms with Crippen LogP contribution in [0.1, 0.15) is 24.1 Å². The summed E-state index contributed by atoms with van der Waals surface area (Å²) in [5.74, 6) is 0.801. The lowest BCUT2D eigenvalue weighted by atomic mass is 10.2. The van der Waals surface area contributed by atoms with Crippen molar-refractivity contribution >= 4 is 11.6 Å². The zero-order valence-corrected chi connectivity index (χ0v) is 11.0. The molecule has 1 saturated carbocycles. The molecule has 0 saturated heterocycles. The molecule has 4 nitrogen and oxygen atoms in total. The lowest BCUT2D eigenvalue weighted by molar-refractivity contribution is 0.681. The Hall–Kier alpha value is -1.39. The van der Waals surface area contributed by atoms with Crippen molar-refractivity contribution in [1.82, 2.24) is 20.1 Å². The highest BCUT2D eigenvalue weighted by Crippen LogP contribution is 2.20. The fraction of sp³-hybridized carbons (Fsp3) is 0.385. The predicted molar refractivity (Wildman–Crippen MR) is 71.0 cm³/mol. The third-order valence-corrected chi connectivity index (χ3v) is 3.32. The van der Waals surface area contributed by atoms with Gasteiger partial charge in [-0.3, -0.25) is 0 Å². The second-order valence-corrected chi connectivity index (χ2v) is 5.11. The standard InChI is InChI=1S/C13H15ClN4/c1-9-10(6-15-12-3-4-12)2-5-13(17-9)18-8-11(14)7-16-18/h2,5,7-8,12,15H,3-4,6H2,1H3. The third kappa shape index (κ3) is 2.54. The SMILES string of the molecule is Cc1nc(-n2cc(Cl)cn2)ccc1CNC1CC1. The molecule has 18 heavy (non-hydrogen) atoms. The Bertz CT molecular complexity index is 560. The van der Waals surface area contributed by atoms with Crippen LogP contribution in [0.25, 0.3) is 5.82 Å². The summed E-state index contributed by atoms with van der Waals surface area (Å²) in [6.45, 7) is 2.92. The molecule has 0 amide bonds. The molecule has 0 unspecified atom stereocenters. The molecule has 1 N–H and O–H groups in total. The molecule has 0 atom stereocenters. The van der Waals surface area contributed by atoms with Gasteiger partial charge in [0.1, 0.15) is 0 Å². The summed E-state index contributed by atoms with van der Waals surface area (Å²) in [6, 6.07) is 4.79. The van der Waals surface area contributed by atoms with Crippen molar-refractivity contribution in [3.8, 4) is 5.82 Å². The summed E-state index contributed by atoms with van der Waals surface area (Å²) in [4.78, 5) is 4.56. The van der Waals surface area contributed by atoms with Crippen LogP contribution in [-0.2, 0) is 6.54 Å². The van der Waals surface area contributed by atoms with Crippen LogP contribution in [-0.4, -0.2) is 20.8 Å². The minimum absolute atomic E-state index is 0.619. The van der Waals surface area contributed by atoms with E-state index in [0.29, 0.717) is 11.1 Å². The van der Waals surface area contributed by atoms with Gasteiger partial charge in [-0.25, -0.2) is 9.67 Å². The van der Waals surface area contributed by atoms with Crippen LogP contribution in [0, 0.1) is 6.92 Å². The molecule has 94 valence electrons. The molecule has 0 aromatic carbocycles. The maximum atomic E-state index is 5.85. The number of nitrogens with zero attached hydrogens (tertiary/aromatic N) is 3. The number of aromatic nitrogens is 3. The minimum Gasteiger partial charge on any atom is -0.310 e. The van der Waals surface area contributed by atoms with Crippen LogP contribution < -0.4 is 5.32 Å². The van der Waals surface area contributed by atoms with Crippen LogP contribution in [0.2, 0.25) is 5.02 Å². The summed E-state index contributed by atoms with van der Waals surface area (Å²) in [5, 5.41) is 8.26. The number of hydrogen-bond acceptors (Lipinski definition) is 3. The maximum Gasteiger partial charge on any atom is 0.153 e. The molecule has 5 heteroatoms. The molecular weight excluding hydrogens is 248 g/mol. The van der Waals surface area contributed by atoms with Crippen molar-refractivity contribution in [2.24, 2.45) is 0 Å². The lowest BCUT2D eigenvalue weighted by Gasteiger charge is -2.08. The van der Waals surface area contributed by atoms with E-state index in [4.69, 9.17) is 11.6 Å². The van der Waals surface area contributed by atoms with E-state index >= 15 is 0 Å². The lowest BCUT2D eigenvalue weighted by Crippen LogP contribution is -2.16. The van der Waals surface area contributed by atoms with E-state index in [-0.39, 0.29) is 0 Å². The molecule has 1 fully saturated rings. The first kappa shape index (κ1) is 11.7. The minimum atomic E-state index is 0.619. The summed E-state index contributed by atoms with van der Waals surface area (Å²) >= 11 is 5.85. The van der Waals surface area contributed by atoms with Gasteiger partial charge < -0.3 is 5.32 Å². The molecule has 1 aliphatic rings. The maximum absolute atomic E-state index is 5.85. The molecule has 2 aromatic heterocycles. The predicted octanol–water partition coefficient (Wildman–Crippen LogP) is 2.48. The molecule has 0 bridgehead atoms. The van der Waals surface area contributed by atoms with Crippen molar-refractivity contribution < 1.29 is 0 Å². The van der Waals surface area contributed by atoms with Gasteiger partial charge in [0.25, 0.3) is 0 Å². The summed E-state index contributed by atoms with van der Waals surface area (Å²) in [7, 11) is 0. The second-order valence-electron chi connectivity index (χ2n) is 4.67. The number of hydrogen-bond donors (Lipinski definition) is 1. The fourth-order valence-electron chi connectivity index (χ4n) is 1.86. The van der Waals surface area contributed by atoms with Crippen LogP contribution in [0.3, 0.4) is 0 Å². The topological polar surface area (TPSA) is 42.7 Å². The van der Waals surface area contributed by atoms with E-state index in [1.165, 1.54) is 18.4 Å². The smallest absolute Gasteiger partial charge is 0.153 e. The average Bonchev–Trinajstić information content (AvgIpc) is 3.08. The summed E-state index contributed by atoms with van der Waals surface area (Å²) < 4.78 is 1.69. The van der Waals surface area contributed by atoms with Crippen LogP contribution in [0.4, 0.5) is 0 Å².